The summed E-state index contributed by atoms with van der Waals surface area (Å²) in [5.41, 5.74) is 3.98. The van der Waals surface area contributed by atoms with Gasteiger partial charge in [-0.3, -0.25) is 39.4 Å². The van der Waals surface area contributed by atoms with Crippen LogP contribution in [0.25, 0.3) is 10.9 Å². The van der Waals surface area contributed by atoms with Gasteiger partial charge in [0.25, 0.3) is 17.4 Å². The van der Waals surface area contributed by atoms with E-state index in [1.165, 1.54) is 16.8 Å². The third-order valence-corrected chi connectivity index (χ3v) is 3.96. The van der Waals surface area contributed by atoms with E-state index in [1.807, 2.05) is 0 Å². The van der Waals surface area contributed by atoms with E-state index in [0.717, 1.165) is 4.57 Å². The first-order valence-electron chi connectivity index (χ1n) is 8.25. The molecule has 2 aromatic heterocycles. The van der Waals surface area contributed by atoms with Crippen LogP contribution in [0.1, 0.15) is 17.4 Å². The number of pyridine rings is 1. The van der Waals surface area contributed by atoms with Crippen LogP contribution in [0.5, 0.6) is 0 Å². The number of carbonyl (C=O) groups excluding carboxylic acids is 2. The Labute approximate surface area is 153 Å². The number of hydrogen-bond donors (Lipinski definition) is 2. The minimum absolute atomic E-state index is 0.139. The number of rotatable bonds is 4. The number of carbonyl (C=O) groups is 2. The topological polar surface area (TPSA) is 115 Å². The zero-order chi connectivity index (χ0) is 19.4. The Morgan fingerprint density at radius 3 is 2.44 bits per heavy atom. The maximum absolute atomic E-state index is 12.6. The molecule has 0 aliphatic carbocycles. The van der Waals surface area contributed by atoms with Crippen molar-refractivity contribution in [3.8, 4) is 0 Å². The molecule has 2 heterocycles. The van der Waals surface area contributed by atoms with Gasteiger partial charge >= 0.3 is 5.69 Å². The zero-order valence-corrected chi connectivity index (χ0v) is 14.5. The highest BCUT2D eigenvalue weighted by molar-refractivity contribution is 5.93. The van der Waals surface area contributed by atoms with Crippen LogP contribution < -0.4 is 22.1 Å². The van der Waals surface area contributed by atoms with Crippen molar-refractivity contribution in [2.24, 2.45) is 0 Å². The molecule has 3 rings (SSSR count). The van der Waals surface area contributed by atoms with E-state index in [1.54, 1.807) is 43.3 Å². The Kier molecular flexibility index (Phi) is 5.11. The largest absolute Gasteiger partial charge is 0.331 e. The first-order chi connectivity index (χ1) is 13.0. The predicted octanol–water partition coefficient (Wildman–Crippen LogP) is 0.0393. The summed E-state index contributed by atoms with van der Waals surface area (Å²) in [5.74, 6) is -1.20. The Balaban J connectivity index is 1.84. The molecule has 0 saturated heterocycles. The van der Waals surface area contributed by atoms with E-state index in [9.17, 15) is 19.2 Å². The summed E-state index contributed by atoms with van der Waals surface area (Å²) in [6.45, 7) is 1.50. The van der Waals surface area contributed by atoms with Crippen molar-refractivity contribution in [2.45, 2.75) is 20.0 Å². The Hall–Kier alpha value is -3.75. The first-order valence-corrected chi connectivity index (χ1v) is 8.25. The average Bonchev–Trinajstić information content (AvgIpc) is 2.70. The summed E-state index contributed by atoms with van der Waals surface area (Å²) in [4.78, 5) is 53.0. The molecule has 9 heteroatoms. The standard InChI is InChI=1S/C18H17N5O4/c1-2-22-17(26)12-7-3-4-9-14(12)23(18(22)27)11-15(24)20-21-16(25)13-8-5-6-10-19-13/h3-10H,2,11H2,1H3,(H,20,24)(H,21,25). The molecule has 0 fully saturated rings. The molecule has 0 radical (unpaired) electrons. The van der Waals surface area contributed by atoms with Crippen LogP contribution in [-0.2, 0) is 17.9 Å². The SMILES string of the molecule is CCn1c(=O)c2ccccc2n(CC(=O)NNC(=O)c2ccccn2)c1=O. The lowest BCUT2D eigenvalue weighted by Crippen LogP contribution is -2.46. The van der Waals surface area contributed by atoms with Gasteiger partial charge in [-0.15, -0.1) is 0 Å². The van der Waals surface area contributed by atoms with Crippen LogP contribution in [0.3, 0.4) is 0 Å². The van der Waals surface area contributed by atoms with Gasteiger partial charge in [0.05, 0.1) is 10.9 Å². The van der Waals surface area contributed by atoms with Gasteiger partial charge in [0.15, 0.2) is 0 Å². The molecule has 1 aromatic carbocycles. The van der Waals surface area contributed by atoms with Gasteiger partial charge in [-0.05, 0) is 31.2 Å². The van der Waals surface area contributed by atoms with Crippen LogP contribution >= 0.6 is 0 Å². The van der Waals surface area contributed by atoms with Gasteiger partial charge < -0.3 is 0 Å². The van der Waals surface area contributed by atoms with Crippen molar-refractivity contribution >= 4 is 22.7 Å². The van der Waals surface area contributed by atoms with Crippen molar-refractivity contribution in [3.63, 3.8) is 0 Å². The molecule has 0 saturated carbocycles. The van der Waals surface area contributed by atoms with Gasteiger partial charge in [0.2, 0.25) is 0 Å². The second-order valence-corrected chi connectivity index (χ2v) is 5.65. The second kappa shape index (κ2) is 7.65. The number of para-hydroxylation sites is 1. The van der Waals surface area contributed by atoms with Crippen LogP contribution in [0.2, 0.25) is 0 Å². The normalized spacial score (nSPS) is 10.6. The smallest absolute Gasteiger partial charge is 0.284 e. The number of aromatic nitrogens is 3. The van der Waals surface area contributed by atoms with Crippen molar-refractivity contribution in [1.82, 2.24) is 25.0 Å². The minimum Gasteiger partial charge on any atom is -0.284 e. The Morgan fingerprint density at radius 1 is 1.00 bits per heavy atom. The van der Waals surface area contributed by atoms with Crippen molar-refractivity contribution < 1.29 is 9.59 Å². The minimum atomic E-state index is -0.618. The van der Waals surface area contributed by atoms with Crippen LogP contribution in [-0.4, -0.2) is 25.9 Å². The number of amides is 2. The van der Waals surface area contributed by atoms with Crippen molar-refractivity contribution in [2.75, 3.05) is 0 Å². The summed E-state index contributed by atoms with van der Waals surface area (Å²) < 4.78 is 2.25. The summed E-state index contributed by atoms with van der Waals surface area (Å²) in [6.07, 6.45) is 1.45. The van der Waals surface area contributed by atoms with E-state index in [4.69, 9.17) is 0 Å². The molecule has 2 amide bonds. The maximum atomic E-state index is 12.6. The van der Waals surface area contributed by atoms with Gasteiger partial charge in [-0.1, -0.05) is 18.2 Å². The highest BCUT2D eigenvalue weighted by Crippen LogP contribution is 2.07. The average molecular weight is 367 g/mol. The van der Waals surface area contributed by atoms with E-state index in [0.29, 0.717) is 10.9 Å². The van der Waals surface area contributed by atoms with Crippen LogP contribution in [0.15, 0.2) is 58.3 Å². The Bertz CT molecular complexity index is 1120. The lowest BCUT2D eigenvalue weighted by Gasteiger charge is -2.13. The highest BCUT2D eigenvalue weighted by atomic mass is 16.2. The Morgan fingerprint density at radius 2 is 1.74 bits per heavy atom. The van der Waals surface area contributed by atoms with Crippen LogP contribution in [0, 0.1) is 0 Å². The van der Waals surface area contributed by atoms with Gasteiger partial charge in [-0.2, -0.15) is 0 Å². The molecule has 3 aromatic rings. The number of nitrogens with zero attached hydrogens (tertiary/aromatic N) is 3. The van der Waals surface area contributed by atoms with E-state index < -0.39 is 23.1 Å². The molecular formula is C18H17N5O4. The van der Waals surface area contributed by atoms with Crippen LogP contribution in [0.4, 0.5) is 0 Å². The van der Waals surface area contributed by atoms with E-state index in [-0.39, 0.29) is 18.8 Å². The fraction of sp³-hybridized carbons (Fsp3) is 0.167. The number of nitrogens with one attached hydrogen (secondary N) is 2. The maximum Gasteiger partial charge on any atom is 0.331 e. The molecule has 0 aliphatic rings. The number of hydrogen-bond acceptors (Lipinski definition) is 5. The third kappa shape index (κ3) is 3.61. The van der Waals surface area contributed by atoms with Gasteiger partial charge in [0, 0.05) is 12.7 Å². The fourth-order valence-electron chi connectivity index (χ4n) is 2.67. The summed E-state index contributed by atoms with van der Waals surface area (Å²) >= 11 is 0. The monoisotopic (exact) mass is 367 g/mol. The molecule has 2 N–H and O–H groups in total. The fourth-order valence-corrected chi connectivity index (χ4v) is 2.67. The number of benzene rings is 1. The molecule has 9 nitrogen and oxygen atoms in total. The van der Waals surface area contributed by atoms with Gasteiger partial charge in [-0.25, -0.2) is 4.79 Å². The zero-order valence-electron chi connectivity index (χ0n) is 14.5. The first kappa shape index (κ1) is 18.1. The molecule has 0 bridgehead atoms. The lowest BCUT2D eigenvalue weighted by atomic mass is 10.2. The van der Waals surface area contributed by atoms with E-state index in [2.05, 4.69) is 15.8 Å². The quantitative estimate of drug-likeness (QED) is 0.632. The van der Waals surface area contributed by atoms with Gasteiger partial charge in [0.1, 0.15) is 12.2 Å². The number of hydrazine groups is 1. The molecule has 138 valence electrons. The lowest BCUT2D eigenvalue weighted by molar-refractivity contribution is -0.122. The molecule has 0 spiro atoms. The summed E-state index contributed by atoms with van der Waals surface area (Å²) in [5, 5.41) is 0.337. The highest BCUT2D eigenvalue weighted by Gasteiger charge is 2.15. The summed E-state index contributed by atoms with van der Waals surface area (Å²) in [7, 11) is 0. The predicted molar refractivity (Wildman–Crippen MR) is 98.0 cm³/mol. The molecular weight excluding hydrogens is 350 g/mol. The van der Waals surface area contributed by atoms with Crippen molar-refractivity contribution in [3.05, 3.63) is 75.2 Å². The summed E-state index contributed by atoms with van der Waals surface area (Å²) in [6, 6.07) is 11.4. The third-order valence-electron chi connectivity index (χ3n) is 3.96. The van der Waals surface area contributed by atoms with Crippen molar-refractivity contribution in [1.29, 1.82) is 0 Å². The molecule has 27 heavy (non-hydrogen) atoms. The molecule has 0 unspecified atom stereocenters. The molecule has 0 atom stereocenters. The second-order valence-electron chi connectivity index (χ2n) is 5.65. The van der Waals surface area contributed by atoms with E-state index >= 15 is 0 Å². The number of fused-ring (bicyclic) bond motifs is 1. The molecule has 0 aliphatic heterocycles.